The van der Waals surface area contributed by atoms with Crippen molar-refractivity contribution in [3.63, 3.8) is 0 Å². The predicted octanol–water partition coefficient (Wildman–Crippen LogP) is 2.75. The Morgan fingerprint density at radius 3 is 2.33 bits per heavy atom. The summed E-state index contributed by atoms with van der Waals surface area (Å²) in [6, 6.07) is 0. The van der Waals surface area contributed by atoms with Crippen molar-refractivity contribution in [3.05, 3.63) is 40.1 Å². The third-order valence-corrected chi connectivity index (χ3v) is 2.80. The van der Waals surface area contributed by atoms with Crippen molar-refractivity contribution < 1.29 is 17.6 Å². The van der Waals surface area contributed by atoms with Crippen LogP contribution in [0, 0.1) is 23.5 Å². The number of anilines is 1. The van der Waals surface area contributed by atoms with Crippen LogP contribution in [-0.2, 0) is 6.42 Å². The molecule has 2 rings (SSSR count). The van der Waals surface area contributed by atoms with E-state index in [0.29, 0.717) is 6.42 Å². The molecule has 0 aromatic carbocycles. The van der Waals surface area contributed by atoms with E-state index in [0.717, 1.165) is 5.69 Å². The molecule has 0 saturated carbocycles. The lowest BCUT2D eigenvalue weighted by atomic mass is 10.3. The largest absolute Gasteiger partial charge is 0.380 e. The van der Waals surface area contributed by atoms with Crippen LogP contribution < -0.4 is 5.32 Å². The van der Waals surface area contributed by atoms with Gasteiger partial charge in [-0.15, -0.1) is 11.3 Å². The van der Waals surface area contributed by atoms with Crippen LogP contribution in [0.25, 0.3) is 0 Å². The van der Waals surface area contributed by atoms with Crippen LogP contribution in [0.15, 0.2) is 10.9 Å². The molecule has 0 amide bonds. The number of aromatic nitrogens is 2. The Hall–Kier alpha value is -1.70. The lowest BCUT2D eigenvalue weighted by Crippen LogP contribution is -2.12. The van der Waals surface area contributed by atoms with E-state index < -0.39 is 29.2 Å². The van der Waals surface area contributed by atoms with Gasteiger partial charge in [0, 0.05) is 18.3 Å². The van der Waals surface area contributed by atoms with E-state index in [1.807, 2.05) is 0 Å². The zero-order valence-corrected chi connectivity index (χ0v) is 9.70. The van der Waals surface area contributed by atoms with Crippen LogP contribution >= 0.6 is 11.3 Å². The highest BCUT2D eigenvalue weighted by molar-refractivity contribution is 7.07. The van der Waals surface area contributed by atoms with Gasteiger partial charge >= 0.3 is 0 Å². The third kappa shape index (κ3) is 2.58. The monoisotopic (exact) mass is 277 g/mol. The summed E-state index contributed by atoms with van der Waals surface area (Å²) in [5.41, 5.74) is 1.49. The van der Waals surface area contributed by atoms with Crippen molar-refractivity contribution in [2.45, 2.75) is 6.42 Å². The van der Waals surface area contributed by atoms with E-state index in [-0.39, 0.29) is 6.54 Å². The molecule has 0 spiro atoms. The molecular formula is C10H7F4N3S. The van der Waals surface area contributed by atoms with Crippen molar-refractivity contribution >= 4 is 17.0 Å². The predicted molar refractivity (Wildman–Crippen MR) is 58.4 cm³/mol. The summed E-state index contributed by atoms with van der Waals surface area (Å²) in [6.07, 6.45) is 0.383. The fourth-order valence-corrected chi connectivity index (χ4v) is 1.91. The number of rotatable bonds is 4. The second kappa shape index (κ2) is 5.30. The molecular weight excluding hydrogens is 270 g/mol. The molecule has 3 nitrogen and oxygen atoms in total. The van der Waals surface area contributed by atoms with Gasteiger partial charge in [0.2, 0.25) is 11.6 Å². The number of thiazole rings is 1. The topological polar surface area (TPSA) is 37.8 Å². The zero-order valence-electron chi connectivity index (χ0n) is 8.88. The van der Waals surface area contributed by atoms with Gasteiger partial charge in [0.15, 0.2) is 0 Å². The number of pyridine rings is 1. The van der Waals surface area contributed by atoms with E-state index in [4.69, 9.17) is 0 Å². The summed E-state index contributed by atoms with van der Waals surface area (Å²) in [7, 11) is 0. The molecule has 0 bridgehead atoms. The summed E-state index contributed by atoms with van der Waals surface area (Å²) in [5, 5.41) is 4.06. The minimum Gasteiger partial charge on any atom is -0.380 e. The Bertz CT molecular complexity index is 518. The maximum Gasteiger partial charge on any atom is 0.253 e. The van der Waals surface area contributed by atoms with Crippen LogP contribution in [0.3, 0.4) is 0 Å². The van der Waals surface area contributed by atoms with E-state index in [9.17, 15) is 17.6 Å². The number of hydrogen-bond acceptors (Lipinski definition) is 4. The summed E-state index contributed by atoms with van der Waals surface area (Å²) in [4.78, 5) is 6.42. The first-order chi connectivity index (χ1) is 8.59. The highest BCUT2D eigenvalue weighted by Crippen LogP contribution is 2.21. The molecule has 96 valence electrons. The van der Waals surface area contributed by atoms with Crippen LogP contribution in [0.5, 0.6) is 0 Å². The van der Waals surface area contributed by atoms with E-state index in [1.54, 1.807) is 10.9 Å². The molecule has 0 aliphatic carbocycles. The smallest absolute Gasteiger partial charge is 0.253 e. The van der Waals surface area contributed by atoms with Gasteiger partial charge in [-0.2, -0.15) is 22.5 Å². The molecule has 0 saturated heterocycles. The fraction of sp³-hybridized carbons (Fsp3) is 0.200. The van der Waals surface area contributed by atoms with Gasteiger partial charge in [0.1, 0.15) is 5.69 Å². The first kappa shape index (κ1) is 12.7. The molecule has 0 atom stereocenters. The van der Waals surface area contributed by atoms with E-state index in [2.05, 4.69) is 15.3 Å². The molecule has 0 aliphatic rings. The van der Waals surface area contributed by atoms with Crippen molar-refractivity contribution in [1.29, 1.82) is 0 Å². The molecule has 0 radical (unpaired) electrons. The Kier molecular flexibility index (Phi) is 3.75. The van der Waals surface area contributed by atoms with Crippen molar-refractivity contribution in [3.8, 4) is 0 Å². The Balaban J connectivity index is 2.09. The second-order valence-electron chi connectivity index (χ2n) is 3.35. The SMILES string of the molecule is Fc1nc(F)c(F)c(NCCc2cscn2)c1F. The second-order valence-corrected chi connectivity index (χ2v) is 4.07. The number of hydrogen-bond donors (Lipinski definition) is 1. The van der Waals surface area contributed by atoms with Gasteiger partial charge in [-0.05, 0) is 0 Å². The van der Waals surface area contributed by atoms with Crippen LogP contribution in [0.2, 0.25) is 0 Å². The van der Waals surface area contributed by atoms with Crippen LogP contribution in [0.4, 0.5) is 23.2 Å². The molecule has 0 unspecified atom stereocenters. The maximum atomic E-state index is 13.2. The molecule has 2 aromatic rings. The van der Waals surface area contributed by atoms with E-state index in [1.165, 1.54) is 11.3 Å². The Morgan fingerprint density at radius 2 is 1.78 bits per heavy atom. The average Bonchev–Trinajstić information content (AvgIpc) is 2.84. The number of halogens is 4. The van der Waals surface area contributed by atoms with Crippen molar-refractivity contribution in [2.24, 2.45) is 0 Å². The lowest BCUT2D eigenvalue weighted by Gasteiger charge is -2.08. The molecule has 0 aliphatic heterocycles. The standard InChI is InChI=1S/C10H7F4N3S/c11-6-8(7(12)10(14)17-9(6)13)15-2-1-5-3-18-4-16-5/h3-4H,1-2H2,(H,15,17). The molecule has 2 heterocycles. The highest BCUT2D eigenvalue weighted by atomic mass is 32.1. The van der Waals surface area contributed by atoms with Gasteiger partial charge in [-0.3, -0.25) is 0 Å². The van der Waals surface area contributed by atoms with Gasteiger partial charge in [-0.1, -0.05) is 0 Å². The fourth-order valence-electron chi connectivity index (χ4n) is 1.32. The normalized spacial score (nSPS) is 10.7. The Labute approximate surface area is 104 Å². The zero-order chi connectivity index (χ0) is 13.1. The summed E-state index contributed by atoms with van der Waals surface area (Å²) in [6.45, 7) is 0.0977. The first-order valence-corrected chi connectivity index (χ1v) is 5.84. The maximum absolute atomic E-state index is 13.2. The lowest BCUT2D eigenvalue weighted by molar-refractivity contribution is 0.410. The van der Waals surface area contributed by atoms with Gasteiger partial charge in [0.25, 0.3) is 11.9 Å². The third-order valence-electron chi connectivity index (χ3n) is 2.16. The van der Waals surface area contributed by atoms with Crippen LogP contribution in [-0.4, -0.2) is 16.5 Å². The Morgan fingerprint density at radius 1 is 1.11 bits per heavy atom. The summed E-state index contributed by atoms with van der Waals surface area (Å²) >= 11 is 1.38. The van der Waals surface area contributed by atoms with Gasteiger partial charge in [0.05, 0.1) is 11.2 Å². The first-order valence-electron chi connectivity index (χ1n) is 4.90. The average molecular weight is 277 g/mol. The molecule has 0 fully saturated rings. The molecule has 2 aromatic heterocycles. The molecule has 1 N–H and O–H groups in total. The molecule has 18 heavy (non-hydrogen) atoms. The molecule has 8 heteroatoms. The highest BCUT2D eigenvalue weighted by Gasteiger charge is 2.20. The quantitative estimate of drug-likeness (QED) is 0.689. The van der Waals surface area contributed by atoms with Crippen molar-refractivity contribution in [1.82, 2.24) is 9.97 Å². The van der Waals surface area contributed by atoms with Crippen molar-refractivity contribution in [2.75, 3.05) is 11.9 Å². The summed E-state index contributed by atoms with van der Waals surface area (Å²) in [5.74, 6) is -6.42. The minimum atomic E-state index is -1.68. The number of nitrogens with zero attached hydrogens (tertiary/aromatic N) is 2. The summed E-state index contributed by atoms with van der Waals surface area (Å²) < 4.78 is 51.9. The van der Waals surface area contributed by atoms with E-state index >= 15 is 0 Å². The van der Waals surface area contributed by atoms with Crippen LogP contribution in [0.1, 0.15) is 5.69 Å². The number of nitrogens with one attached hydrogen (secondary N) is 1. The van der Waals surface area contributed by atoms with Gasteiger partial charge < -0.3 is 5.32 Å². The van der Waals surface area contributed by atoms with Gasteiger partial charge in [-0.25, -0.2) is 4.98 Å². The minimum absolute atomic E-state index is 0.0977.